The van der Waals surface area contributed by atoms with Crippen LogP contribution in [0.15, 0.2) is 0 Å². The van der Waals surface area contributed by atoms with E-state index in [-0.39, 0.29) is 11.9 Å². The van der Waals surface area contributed by atoms with Crippen molar-refractivity contribution in [3.8, 4) is 5.88 Å². The Labute approximate surface area is 152 Å². The lowest BCUT2D eigenvalue weighted by molar-refractivity contribution is 0.0937. The number of carbonyl (C=O) groups is 1. The molecule has 1 aliphatic rings. The van der Waals surface area contributed by atoms with E-state index < -0.39 is 0 Å². The molecular formula is C18H25N3O3S. The number of rotatable bonds is 5. The first kappa shape index (κ1) is 18.1. The smallest absolute Gasteiger partial charge is 0.261 e. The van der Waals surface area contributed by atoms with Crippen LogP contribution in [0.5, 0.6) is 5.88 Å². The summed E-state index contributed by atoms with van der Waals surface area (Å²) in [5, 5.41) is 4.03. The topological polar surface area (TPSA) is 73.3 Å². The number of nitrogens with one attached hydrogen (secondary N) is 1. The van der Waals surface area contributed by atoms with E-state index in [0.29, 0.717) is 23.2 Å². The van der Waals surface area contributed by atoms with Crippen LogP contribution < -0.4 is 10.1 Å². The second-order valence-corrected chi connectivity index (χ2v) is 7.48. The number of ether oxygens (including phenoxy) is 2. The number of hydrogen-bond acceptors (Lipinski definition) is 6. The monoisotopic (exact) mass is 363 g/mol. The second-order valence-electron chi connectivity index (χ2n) is 6.48. The molecule has 1 saturated carbocycles. The molecule has 3 rings (SSSR count). The number of hydrogen-bond donors (Lipinski definition) is 1. The highest BCUT2D eigenvalue weighted by molar-refractivity contribution is 7.20. The number of aromatic nitrogens is 2. The van der Waals surface area contributed by atoms with Crippen LogP contribution in [0.25, 0.3) is 10.2 Å². The lowest BCUT2D eigenvalue weighted by atomic mass is 10.1. The quantitative estimate of drug-likeness (QED) is 0.822. The summed E-state index contributed by atoms with van der Waals surface area (Å²) in [6, 6.07) is 0.275. The van der Waals surface area contributed by atoms with Crippen molar-refractivity contribution in [2.75, 3.05) is 14.2 Å². The summed E-state index contributed by atoms with van der Waals surface area (Å²) in [6.45, 7) is 2.25. The number of aryl methyl sites for hydroxylation is 1. The Morgan fingerprint density at radius 1 is 1.20 bits per heavy atom. The van der Waals surface area contributed by atoms with E-state index in [4.69, 9.17) is 9.47 Å². The maximum absolute atomic E-state index is 12.8. The Morgan fingerprint density at radius 2 is 1.92 bits per heavy atom. The van der Waals surface area contributed by atoms with Crippen LogP contribution in [0.4, 0.5) is 0 Å². The maximum Gasteiger partial charge on any atom is 0.261 e. The van der Waals surface area contributed by atoms with Gasteiger partial charge in [-0.3, -0.25) is 4.79 Å². The fraction of sp³-hybridized carbons (Fsp3) is 0.611. The van der Waals surface area contributed by atoms with Gasteiger partial charge >= 0.3 is 0 Å². The van der Waals surface area contributed by atoms with Gasteiger partial charge in [-0.1, -0.05) is 25.7 Å². The molecule has 1 N–H and O–H groups in total. The van der Waals surface area contributed by atoms with Crippen LogP contribution >= 0.6 is 11.3 Å². The summed E-state index contributed by atoms with van der Waals surface area (Å²) >= 11 is 1.40. The fourth-order valence-corrected chi connectivity index (χ4v) is 4.47. The second kappa shape index (κ2) is 8.10. The van der Waals surface area contributed by atoms with Gasteiger partial charge in [0.2, 0.25) is 5.88 Å². The number of nitrogens with zero attached hydrogens (tertiary/aromatic N) is 2. The highest BCUT2D eigenvalue weighted by Crippen LogP contribution is 2.35. The predicted octanol–water partition coefficient (Wildman–Crippen LogP) is 3.61. The van der Waals surface area contributed by atoms with Crippen molar-refractivity contribution in [1.29, 1.82) is 0 Å². The maximum atomic E-state index is 12.8. The molecule has 2 heterocycles. The Bertz CT molecular complexity index is 752. The summed E-state index contributed by atoms with van der Waals surface area (Å²) < 4.78 is 10.5. The fourth-order valence-electron chi connectivity index (χ4n) is 3.38. The van der Waals surface area contributed by atoms with Gasteiger partial charge < -0.3 is 14.8 Å². The third kappa shape index (κ3) is 3.93. The van der Waals surface area contributed by atoms with Crippen molar-refractivity contribution in [3.05, 3.63) is 16.3 Å². The average molecular weight is 363 g/mol. The van der Waals surface area contributed by atoms with Crippen molar-refractivity contribution in [3.63, 3.8) is 0 Å². The third-order valence-electron chi connectivity index (χ3n) is 4.67. The Balaban J connectivity index is 1.90. The van der Waals surface area contributed by atoms with E-state index in [1.165, 1.54) is 37.0 Å². The van der Waals surface area contributed by atoms with E-state index >= 15 is 0 Å². The summed E-state index contributed by atoms with van der Waals surface area (Å²) in [4.78, 5) is 23.2. The number of carbonyl (C=O) groups excluding carboxylic acids is 1. The molecule has 1 amide bonds. The van der Waals surface area contributed by atoms with Crippen molar-refractivity contribution in [2.24, 2.45) is 0 Å². The lowest BCUT2D eigenvalue weighted by Crippen LogP contribution is -2.34. The highest BCUT2D eigenvalue weighted by atomic mass is 32.1. The van der Waals surface area contributed by atoms with Crippen LogP contribution in [0.1, 0.15) is 59.6 Å². The minimum atomic E-state index is -0.0113. The summed E-state index contributed by atoms with van der Waals surface area (Å²) in [5.41, 5.74) is 0.881. The van der Waals surface area contributed by atoms with E-state index in [1.807, 2.05) is 6.92 Å². The number of fused-ring (bicyclic) bond motifs is 1. The van der Waals surface area contributed by atoms with Gasteiger partial charge in [0.1, 0.15) is 11.4 Å². The van der Waals surface area contributed by atoms with E-state index in [1.54, 1.807) is 14.2 Å². The zero-order valence-corrected chi connectivity index (χ0v) is 15.9. The first-order chi connectivity index (χ1) is 12.1. The third-order valence-corrected chi connectivity index (χ3v) is 5.85. The zero-order valence-electron chi connectivity index (χ0n) is 15.1. The zero-order chi connectivity index (χ0) is 17.8. The van der Waals surface area contributed by atoms with Gasteiger partial charge in [0.15, 0.2) is 5.82 Å². The number of thiophene rings is 1. The molecule has 0 aromatic carbocycles. The van der Waals surface area contributed by atoms with Crippen molar-refractivity contribution in [1.82, 2.24) is 15.3 Å². The lowest BCUT2D eigenvalue weighted by Gasteiger charge is -2.15. The SMILES string of the molecule is COCc1nc(OC)c2c(C)c(C(=O)NC3CCCCCC3)sc2n1. The molecule has 2 aromatic rings. The van der Waals surface area contributed by atoms with Gasteiger partial charge in [-0.25, -0.2) is 4.98 Å². The Hall–Kier alpha value is -1.73. The van der Waals surface area contributed by atoms with Gasteiger partial charge in [-0.15, -0.1) is 11.3 Å². The summed E-state index contributed by atoms with van der Waals surface area (Å²) in [7, 11) is 3.19. The molecule has 25 heavy (non-hydrogen) atoms. The molecule has 0 aliphatic heterocycles. The molecule has 0 saturated heterocycles. The highest BCUT2D eigenvalue weighted by Gasteiger charge is 2.23. The predicted molar refractivity (Wildman–Crippen MR) is 98.4 cm³/mol. The molecule has 7 heteroatoms. The average Bonchev–Trinajstić information content (AvgIpc) is 2.77. The van der Waals surface area contributed by atoms with Crippen molar-refractivity contribution < 1.29 is 14.3 Å². The molecule has 2 aromatic heterocycles. The van der Waals surface area contributed by atoms with Gasteiger partial charge in [-0.05, 0) is 25.3 Å². The van der Waals surface area contributed by atoms with E-state index in [0.717, 1.165) is 28.6 Å². The van der Waals surface area contributed by atoms with Gasteiger partial charge in [-0.2, -0.15) is 4.98 Å². The molecule has 136 valence electrons. The molecule has 0 radical (unpaired) electrons. The van der Waals surface area contributed by atoms with E-state index in [9.17, 15) is 4.79 Å². The molecule has 0 spiro atoms. The number of amides is 1. The van der Waals surface area contributed by atoms with Crippen molar-refractivity contribution >= 4 is 27.5 Å². The number of methoxy groups -OCH3 is 2. The molecule has 1 fully saturated rings. The van der Waals surface area contributed by atoms with Crippen LogP contribution in [0.3, 0.4) is 0 Å². The summed E-state index contributed by atoms with van der Waals surface area (Å²) in [5.74, 6) is 1.05. The first-order valence-corrected chi connectivity index (χ1v) is 9.59. The molecule has 0 unspecified atom stereocenters. The van der Waals surface area contributed by atoms with E-state index in [2.05, 4.69) is 15.3 Å². The largest absolute Gasteiger partial charge is 0.480 e. The minimum Gasteiger partial charge on any atom is -0.480 e. The summed E-state index contributed by atoms with van der Waals surface area (Å²) in [6.07, 6.45) is 7.05. The normalized spacial score (nSPS) is 16.0. The minimum absolute atomic E-state index is 0.0113. The van der Waals surface area contributed by atoms with Crippen molar-refractivity contribution in [2.45, 2.75) is 58.1 Å². The Morgan fingerprint density at radius 3 is 2.56 bits per heavy atom. The molecular weight excluding hydrogens is 338 g/mol. The van der Waals surface area contributed by atoms with Crippen LogP contribution in [0, 0.1) is 6.92 Å². The van der Waals surface area contributed by atoms with Gasteiger partial charge in [0, 0.05) is 13.2 Å². The molecule has 0 atom stereocenters. The Kier molecular flexibility index (Phi) is 5.86. The van der Waals surface area contributed by atoms with Gasteiger partial charge in [0.25, 0.3) is 5.91 Å². The van der Waals surface area contributed by atoms with Crippen LogP contribution in [-0.4, -0.2) is 36.1 Å². The van der Waals surface area contributed by atoms with Crippen LogP contribution in [-0.2, 0) is 11.3 Å². The standard InChI is InChI=1S/C18H25N3O3S/c1-11-14-17(24-3)20-13(10-23-2)21-18(14)25-15(11)16(22)19-12-8-6-4-5-7-9-12/h12H,4-10H2,1-3H3,(H,19,22). The van der Waals surface area contributed by atoms with Crippen LogP contribution in [0.2, 0.25) is 0 Å². The molecule has 0 bridgehead atoms. The first-order valence-electron chi connectivity index (χ1n) is 8.77. The molecule has 6 nitrogen and oxygen atoms in total. The van der Waals surface area contributed by atoms with Gasteiger partial charge in [0.05, 0.1) is 17.4 Å². The molecule has 1 aliphatic carbocycles.